The minimum absolute atomic E-state index is 0. The van der Waals surface area contributed by atoms with Crippen molar-refractivity contribution in [1.29, 1.82) is 0 Å². The molecule has 432 valence electrons. The third kappa shape index (κ3) is 17.1. The maximum Gasteiger partial charge on any atom is 0.573 e. The first-order valence-electron chi connectivity index (χ1n) is 24.3. The molecule has 0 unspecified atom stereocenters. The average Bonchev–Trinajstić information content (AvgIpc) is 3.93. The van der Waals surface area contributed by atoms with Gasteiger partial charge in [-0.25, -0.2) is 14.6 Å². The average molecular weight is 1230 g/mol. The summed E-state index contributed by atoms with van der Waals surface area (Å²) in [7, 11) is 3.17. The minimum atomic E-state index is -4.82. The second-order valence-electron chi connectivity index (χ2n) is 17.2. The Hall–Kier alpha value is -7.22. The second-order valence-corrected chi connectivity index (χ2v) is 18.7. The molecule has 18 nitrogen and oxygen atoms in total. The van der Waals surface area contributed by atoms with Gasteiger partial charge in [0.2, 0.25) is 0 Å². The Kier molecular flexibility index (Phi) is 22.9. The zero-order valence-electron chi connectivity index (χ0n) is 42.8. The molecule has 0 amide bonds. The molecule has 80 heavy (non-hydrogen) atoms. The van der Waals surface area contributed by atoms with E-state index in [0.29, 0.717) is 45.5 Å². The fraction of sp³-hybridized carbons (Fsp3) is 0.358. The number of rotatable bonds is 20. The third-order valence-corrected chi connectivity index (χ3v) is 12.5. The minimum Gasteiger partial charge on any atom is -0.491 e. The molecule has 8 aromatic rings. The van der Waals surface area contributed by atoms with Gasteiger partial charge in [-0.2, -0.15) is 4.98 Å². The van der Waals surface area contributed by atoms with Gasteiger partial charge < -0.3 is 33.4 Å². The number of alkyl halides is 6. The fourth-order valence-corrected chi connectivity index (χ4v) is 8.37. The SMILES string of the molecule is C.CCCCn1c(=O)c2c(nc(Br)n2Cc2ccc(Cl)cc2)n(C)c1=O.CCCCn1c(=O)c2c(nc(OCCOc3cccc(OC(F)(F)F)c3)n2Cc2ccc(Cl)cc2)n(C)c1=O.OCCOc1cccc(OC(F)(F)F)c1. The Morgan fingerprint density at radius 3 is 1.40 bits per heavy atom. The van der Waals surface area contributed by atoms with Gasteiger partial charge in [0.05, 0.1) is 19.7 Å². The predicted molar refractivity (Wildman–Crippen MR) is 294 cm³/mol. The van der Waals surface area contributed by atoms with Crippen molar-refractivity contribution in [3.05, 3.63) is 165 Å². The highest BCUT2D eigenvalue weighted by atomic mass is 79.9. The van der Waals surface area contributed by atoms with Crippen LogP contribution in [0.15, 0.2) is 121 Å². The molecule has 0 atom stereocenters. The molecule has 4 aromatic heterocycles. The molecule has 0 aliphatic heterocycles. The zero-order chi connectivity index (χ0) is 57.6. The zero-order valence-corrected chi connectivity index (χ0v) is 45.9. The Labute approximate surface area is 472 Å². The maximum absolute atomic E-state index is 13.4. The number of aromatic nitrogens is 8. The summed E-state index contributed by atoms with van der Waals surface area (Å²) in [5, 5.41) is 9.65. The van der Waals surface area contributed by atoms with Crippen molar-refractivity contribution in [1.82, 2.24) is 37.4 Å². The number of benzene rings is 4. The van der Waals surface area contributed by atoms with Crippen molar-refractivity contribution in [2.45, 2.75) is 85.9 Å². The van der Waals surface area contributed by atoms with E-state index >= 15 is 0 Å². The molecule has 0 fully saturated rings. The van der Waals surface area contributed by atoms with Crippen molar-refractivity contribution in [2.24, 2.45) is 14.1 Å². The number of aliphatic hydroxyl groups is 1. The smallest absolute Gasteiger partial charge is 0.491 e. The van der Waals surface area contributed by atoms with E-state index in [9.17, 15) is 45.5 Å². The summed E-state index contributed by atoms with van der Waals surface area (Å²) in [4.78, 5) is 60.5. The lowest BCUT2D eigenvalue weighted by molar-refractivity contribution is -0.275. The molecule has 1 N–H and O–H groups in total. The highest BCUT2D eigenvalue weighted by Gasteiger charge is 2.32. The predicted octanol–water partition coefficient (Wildman–Crippen LogP) is 10.5. The Morgan fingerprint density at radius 2 is 0.963 bits per heavy atom. The van der Waals surface area contributed by atoms with Crippen LogP contribution in [-0.2, 0) is 40.3 Å². The summed E-state index contributed by atoms with van der Waals surface area (Å²) in [6, 6.07) is 24.8. The second kappa shape index (κ2) is 28.8. The first kappa shape index (κ1) is 63.6. The summed E-state index contributed by atoms with van der Waals surface area (Å²) >= 11 is 15.4. The van der Waals surface area contributed by atoms with Crippen molar-refractivity contribution in [3.8, 4) is 29.0 Å². The number of hydrogen-bond donors (Lipinski definition) is 1. The van der Waals surface area contributed by atoms with Crippen LogP contribution in [0.4, 0.5) is 26.3 Å². The van der Waals surface area contributed by atoms with E-state index in [4.69, 9.17) is 42.5 Å². The van der Waals surface area contributed by atoms with E-state index in [-0.39, 0.29) is 92.6 Å². The number of imidazole rings is 2. The fourth-order valence-electron chi connectivity index (χ4n) is 7.65. The van der Waals surface area contributed by atoms with E-state index in [2.05, 4.69) is 35.4 Å². The molecule has 0 saturated carbocycles. The number of halogens is 9. The van der Waals surface area contributed by atoms with Gasteiger partial charge in [-0.1, -0.05) is 93.7 Å². The summed E-state index contributed by atoms with van der Waals surface area (Å²) in [6.45, 7) is 5.05. The van der Waals surface area contributed by atoms with E-state index in [1.807, 2.05) is 26.0 Å². The van der Waals surface area contributed by atoms with Gasteiger partial charge in [0.25, 0.3) is 17.1 Å². The van der Waals surface area contributed by atoms with Crippen LogP contribution in [0, 0.1) is 0 Å². The largest absolute Gasteiger partial charge is 0.573 e. The number of ether oxygens (including phenoxy) is 5. The normalized spacial score (nSPS) is 11.3. The van der Waals surface area contributed by atoms with Crippen molar-refractivity contribution in [3.63, 3.8) is 0 Å². The first-order valence-corrected chi connectivity index (χ1v) is 25.8. The van der Waals surface area contributed by atoms with Gasteiger partial charge in [-0.3, -0.25) is 32.4 Å². The van der Waals surface area contributed by atoms with Gasteiger partial charge in [-0.15, -0.1) is 26.3 Å². The van der Waals surface area contributed by atoms with Crippen LogP contribution < -0.4 is 46.2 Å². The molecule has 0 saturated heterocycles. The van der Waals surface area contributed by atoms with Gasteiger partial charge in [0.1, 0.15) is 42.8 Å². The van der Waals surface area contributed by atoms with Crippen LogP contribution in [0.2, 0.25) is 10.0 Å². The lowest BCUT2D eigenvalue weighted by atomic mass is 10.2. The quantitative estimate of drug-likeness (QED) is 0.0432. The number of aliphatic hydroxyl groups excluding tert-OH is 1. The van der Waals surface area contributed by atoms with E-state index in [1.54, 1.807) is 52.6 Å². The Balaban J connectivity index is 0.000000244. The van der Waals surface area contributed by atoms with Gasteiger partial charge >= 0.3 is 24.1 Å². The third-order valence-electron chi connectivity index (χ3n) is 11.4. The van der Waals surface area contributed by atoms with Gasteiger partial charge in [-0.05, 0) is 88.4 Å². The standard InChI is InChI=1S/C26H26ClF3N4O5.C17H18BrClN4O2.C9H9F3O3.CH4/c1-3-4-12-33-23(35)21-22(32(2)25(33)36)31-24(34(21)16-17-8-10-18(27)11-9-17)38-14-13-37-19-6-5-7-20(15-19)39-26(28,29)30;1-3-4-9-22-15(24)13-14(21(2)17(22)25)20-16(18)23(13)10-11-5-7-12(19)8-6-11;10-9(11,12)15-8-3-1-2-7(6-8)14-5-4-13;/h5-11,15H,3-4,12-14,16H2,1-2H3;5-8H,3-4,9-10H2,1-2H3;1-3,6,13H,4-5H2;1H4. The van der Waals surface area contributed by atoms with Crippen LogP contribution >= 0.6 is 39.1 Å². The van der Waals surface area contributed by atoms with Gasteiger partial charge in [0.15, 0.2) is 27.1 Å². The molecule has 8 rings (SSSR count). The number of hydrogen-bond acceptors (Lipinski definition) is 12. The summed E-state index contributed by atoms with van der Waals surface area (Å²) in [6.07, 6.45) is -6.40. The van der Waals surface area contributed by atoms with E-state index in [0.717, 1.165) is 48.6 Å². The molecule has 0 spiro atoms. The number of nitrogens with zero attached hydrogens (tertiary/aromatic N) is 8. The molecular weight excluding hydrogens is 1170 g/mol. The molecule has 4 aromatic carbocycles. The highest BCUT2D eigenvalue weighted by molar-refractivity contribution is 9.10. The molecular formula is C53H57BrCl2F6N8O10. The monoisotopic (exact) mass is 1230 g/mol. The number of unbranched alkanes of at least 4 members (excludes halogenated alkanes) is 2. The van der Waals surface area contributed by atoms with E-state index < -0.39 is 29.7 Å². The molecule has 0 radical (unpaired) electrons. The number of aryl methyl sites for hydroxylation is 2. The molecule has 0 aliphatic rings. The van der Waals surface area contributed by atoms with Crippen LogP contribution in [0.25, 0.3) is 22.3 Å². The molecule has 4 heterocycles. The van der Waals surface area contributed by atoms with Gasteiger partial charge in [0, 0.05) is 49.4 Å². The van der Waals surface area contributed by atoms with Crippen LogP contribution in [-0.4, -0.2) is 81.6 Å². The molecule has 0 aliphatic carbocycles. The van der Waals surface area contributed by atoms with Crippen molar-refractivity contribution >= 4 is 61.5 Å². The lowest BCUT2D eigenvalue weighted by Gasteiger charge is -2.13. The Bertz CT molecular complexity index is 3580. The topological polar surface area (TPSA) is 190 Å². The van der Waals surface area contributed by atoms with Crippen LogP contribution in [0.5, 0.6) is 29.0 Å². The van der Waals surface area contributed by atoms with Crippen LogP contribution in [0.1, 0.15) is 58.1 Å². The highest BCUT2D eigenvalue weighted by Crippen LogP contribution is 2.28. The van der Waals surface area contributed by atoms with Crippen molar-refractivity contribution < 1.29 is 55.1 Å². The number of fused-ring (bicyclic) bond motifs is 2. The van der Waals surface area contributed by atoms with E-state index in [1.165, 1.54) is 55.6 Å². The molecule has 27 heteroatoms. The lowest BCUT2D eigenvalue weighted by Crippen LogP contribution is -2.39. The maximum atomic E-state index is 13.4. The van der Waals surface area contributed by atoms with Crippen LogP contribution in [0.3, 0.4) is 0 Å². The summed E-state index contributed by atoms with van der Waals surface area (Å²) in [5.74, 6) is -0.397. The molecule has 0 bridgehead atoms. The Morgan fingerprint density at radius 1 is 0.562 bits per heavy atom. The first-order chi connectivity index (χ1) is 37.5. The summed E-state index contributed by atoms with van der Waals surface area (Å²) in [5.41, 5.74) is 1.36. The van der Waals surface area contributed by atoms with Crippen molar-refractivity contribution in [2.75, 3.05) is 26.4 Å². The summed E-state index contributed by atoms with van der Waals surface area (Å²) < 4.78 is 106.